The zero-order valence-electron chi connectivity index (χ0n) is 25.5. The van der Waals surface area contributed by atoms with Crippen molar-refractivity contribution in [1.29, 1.82) is 0 Å². The zero-order chi connectivity index (χ0) is 32.0. The fourth-order valence-corrected chi connectivity index (χ4v) is 6.82. The number of rotatable bonds is 11. The van der Waals surface area contributed by atoms with Gasteiger partial charge in [-0.2, -0.15) is 4.31 Å². The van der Waals surface area contributed by atoms with E-state index in [2.05, 4.69) is 25.8 Å². The summed E-state index contributed by atoms with van der Waals surface area (Å²) in [5, 5.41) is 9.37. The molecule has 1 aromatic carbocycles. The van der Waals surface area contributed by atoms with Crippen molar-refractivity contribution in [1.82, 2.24) is 30.1 Å². The van der Waals surface area contributed by atoms with E-state index in [1.807, 2.05) is 6.07 Å². The number of carbonyl (C=O) groups is 3. The number of hydrogen-bond donors (Lipinski definition) is 3. The third kappa shape index (κ3) is 8.06. The number of ketones is 1. The molecular weight excluding hydrogens is 600 g/mol. The van der Waals surface area contributed by atoms with Gasteiger partial charge in [-0.15, -0.1) is 0 Å². The first kappa shape index (κ1) is 32.5. The number of nitrogens with one attached hydrogen (secondary N) is 3. The van der Waals surface area contributed by atoms with Crippen LogP contribution in [0.4, 0.5) is 0 Å². The number of pyridine rings is 1. The summed E-state index contributed by atoms with van der Waals surface area (Å²) < 4.78 is 38.8. The van der Waals surface area contributed by atoms with Gasteiger partial charge in [0.25, 0.3) is 15.9 Å². The maximum Gasteiger partial charge on any atom is 0.287 e. The van der Waals surface area contributed by atoms with Crippen molar-refractivity contribution in [3.63, 3.8) is 0 Å². The molecule has 0 bridgehead atoms. The molecule has 0 radical (unpaired) electrons. The Bertz CT molecular complexity index is 1600. The number of carbonyl (C=O) groups excluding carboxylic acids is 3. The highest BCUT2D eigenvalue weighted by molar-refractivity contribution is 7.89. The van der Waals surface area contributed by atoms with Gasteiger partial charge in [-0.05, 0) is 55.2 Å². The van der Waals surface area contributed by atoms with Crippen LogP contribution in [0.2, 0.25) is 0 Å². The molecule has 2 aliphatic heterocycles. The van der Waals surface area contributed by atoms with Gasteiger partial charge in [-0.25, -0.2) is 13.4 Å². The normalized spacial score (nSPS) is 19.3. The fraction of sp³-hybridized carbons (Fsp3) is 0.484. The molecule has 2 unspecified atom stereocenters. The van der Waals surface area contributed by atoms with Crippen molar-refractivity contribution in [2.75, 3.05) is 52.4 Å². The van der Waals surface area contributed by atoms with E-state index in [0.717, 1.165) is 37.0 Å². The third-order valence-electron chi connectivity index (χ3n) is 8.01. The molecule has 0 aliphatic carbocycles. The highest BCUT2D eigenvalue weighted by Gasteiger charge is 2.35. The Morgan fingerprint density at radius 1 is 1.13 bits per heavy atom. The summed E-state index contributed by atoms with van der Waals surface area (Å²) in [4.78, 5) is 45.9. The van der Waals surface area contributed by atoms with Gasteiger partial charge < -0.3 is 25.1 Å². The van der Waals surface area contributed by atoms with Crippen molar-refractivity contribution in [2.45, 2.75) is 43.8 Å². The Hall–Kier alpha value is -3.85. The Morgan fingerprint density at radius 3 is 2.67 bits per heavy atom. The molecule has 3 N–H and O–H groups in total. The van der Waals surface area contributed by atoms with Crippen LogP contribution < -0.4 is 20.7 Å². The molecule has 2 aliphatic rings. The number of hydrogen-bond acceptors (Lipinski definition) is 10. The summed E-state index contributed by atoms with van der Waals surface area (Å²) in [6.07, 6.45) is 2.01. The topological polar surface area (TPSA) is 163 Å². The standard InChI is InChI=1S/C31H40N6O7S/c1-21(2)29(31(40)34-24-6-5-13-37(20-25(24)38)45(41,42)28-7-3-4-10-33-28)35-30(39)27-19-22-18-23(8-9-26(22)44-27)43-17-16-36-14-11-32-12-15-36/h3-4,7-10,18-19,21,24,29,32H,5-6,11-17,20H2,1-2H3,(H,34,40)(H,35,39). The SMILES string of the molecule is CC(C)C(NC(=O)c1cc2cc(OCCN3CCNCC3)ccc2o1)C(=O)NC1CCCN(S(=O)(=O)c2ccccn2)CC1=O. The fourth-order valence-electron chi connectivity index (χ4n) is 5.44. The second-order valence-corrected chi connectivity index (χ2v) is 13.5. The molecule has 242 valence electrons. The molecule has 2 amide bonds. The molecule has 2 atom stereocenters. The van der Waals surface area contributed by atoms with E-state index in [0.29, 0.717) is 29.7 Å². The predicted molar refractivity (Wildman–Crippen MR) is 166 cm³/mol. The Labute approximate surface area is 262 Å². The number of piperazine rings is 1. The van der Waals surface area contributed by atoms with Gasteiger partial charge in [0.05, 0.1) is 12.6 Å². The van der Waals surface area contributed by atoms with Crippen LogP contribution in [0.1, 0.15) is 37.2 Å². The summed E-state index contributed by atoms with van der Waals surface area (Å²) in [5.74, 6) is -1.13. The van der Waals surface area contributed by atoms with Gasteiger partial charge in [0, 0.05) is 50.9 Å². The largest absolute Gasteiger partial charge is 0.492 e. The first-order valence-corrected chi connectivity index (χ1v) is 16.7. The summed E-state index contributed by atoms with van der Waals surface area (Å²) in [7, 11) is -3.96. The molecule has 2 aromatic heterocycles. The monoisotopic (exact) mass is 640 g/mol. The van der Waals surface area contributed by atoms with E-state index >= 15 is 0 Å². The van der Waals surface area contributed by atoms with Gasteiger partial charge in [0.1, 0.15) is 24.0 Å². The number of benzene rings is 1. The lowest BCUT2D eigenvalue weighted by Crippen LogP contribution is -2.54. The smallest absolute Gasteiger partial charge is 0.287 e. The maximum atomic E-state index is 13.3. The lowest BCUT2D eigenvalue weighted by atomic mass is 10.0. The summed E-state index contributed by atoms with van der Waals surface area (Å²) in [5.41, 5.74) is 0.509. The van der Waals surface area contributed by atoms with E-state index in [4.69, 9.17) is 9.15 Å². The highest BCUT2D eigenvalue weighted by Crippen LogP contribution is 2.25. The predicted octanol–water partition coefficient (Wildman–Crippen LogP) is 1.40. The van der Waals surface area contributed by atoms with Crippen molar-refractivity contribution >= 4 is 38.6 Å². The molecular formula is C31H40N6O7S. The lowest BCUT2D eigenvalue weighted by molar-refractivity contribution is -0.129. The first-order valence-electron chi connectivity index (χ1n) is 15.3. The number of furan rings is 1. The molecule has 14 heteroatoms. The highest BCUT2D eigenvalue weighted by atomic mass is 32.2. The van der Waals surface area contributed by atoms with Crippen LogP contribution in [0.3, 0.4) is 0 Å². The average molecular weight is 641 g/mol. The van der Waals surface area contributed by atoms with Crippen molar-refractivity contribution in [2.24, 2.45) is 5.92 Å². The number of nitrogens with zero attached hydrogens (tertiary/aromatic N) is 3. The van der Waals surface area contributed by atoms with Crippen LogP contribution >= 0.6 is 0 Å². The third-order valence-corrected chi connectivity index (χ3v) is 9.77. The molecule has 45 heavy (non-hydrogen) atoms. The number of ether oxygens (including phenoxy) is 1. The first-order chi connectivity index (χ1) is 21.6. The van der Waals surface area contributed by atoms with Crippen LogP contribution in [-0.2, 0) is 19.6 Å². The van der Waals surface area contributed by atoms with Crippen molar-refractivity contribution in [3.8, 4) is 5.75 Å². The molecule has 0 saturated carbocycles. The molecule has 2 saturated heterocycles. The Kier molecular flexibility index (Phi) is 10.5. The molecule has 13 nitrogen and oxygen atoms in total. The Balaban J connectivity index is 1.18. The minimum absolute atomic E-state index is 0.0438. The van der Waals surface area contributed by atoms with Gasteiger partial charge >= 0.3 is 0 Å². The van der Waals surface area contributed by atoms with Gasteiger partial charge in [-0.3, -0.25) is 19.3 Å². The number of Topliss-reactive ketones (excluding diaryl/α,β-unsaturated/α-hetero) is 1. The molecule has 2 fully saturated rings. The van der Waals surface area contributed by atoms with Crippen molar-refractivity contribution in [3.05, 3.63) is 54.4 Å². The molecule has 5 rings (SSSR count). The molecule has 4 heterocycles. The minimum atomic E-state index is -3.96. The summed E-state index contributed by atoms with van der Waals surface area (Å²) in [6, 6.07) is 9.66. The quantitative estimate of drug-likeness (QED) is 0.279. The molecule has 3 aromatic rings. The van der Waals surface area contributed by atoms with E-state index in [1.165, 1.54) is 12.3 Å². The zero-order valence-corrected chi connectivity index (χ0v) is 26.3. The number of aromatic nitrogens is 1. The number of fused-ring (bicyclic) bond motifs is 1. The minimum Gasteiger partial charge on any atom is -0.492 e. The maximum absolute atomic E-state index is 13.3. The second-order valence-electron chi connectivity index (χ2n) is 11.6. The number of amides is 2. The van der Waals surface area contributed by atoms with Crippen LogP contribution in [0.5, 0.6) is 5.75 Å². The lowest BCUT2D eigenvalue weighted by Gasteiger charge is -2.26. The summed E-state index contributed by atoms with van der Waals surface area (Å²) >= 11 is 0. The number of sulfonamides is 1. The second kappa shape index (κ2) is 14.5. The average Bonchev–Trinajstić information content (AvgIpc) is 3.37. The van der Waals surface area contributed by atoms with E-state index in [9.17, 15) is 22.8 Å². The van der Waals surface area contributed by atoms with Gasteiger partial charge in [0.2, 0.25) is 5.91 Å². The van der Waals surface area contributed by atoms with Crippen LogP contribution in [0, 0.1) is 5.92 Å². The van der Waals surface area contributed by atoms with E-state index < -0.39 is 39.7 Å². The van der Waals surface area contributed by atoms with Crippen LogP contribution in [0.15, 0.2) is 58.1 Å². The summed E-state index contributed by atoms with van der Waals surface area (Å²) in [6.45, 7) is 8.60. The van der Waals surface area contributed by atoms with Crippen LogP contribution in [0.25, 0.3) is 11.0 Å². The van der Waals surface area contributed by atoms with Crippen molar-refractivity contribution < 1.29 is 32.0 Å². The van der Waals surface area contributed by atoms with Gasteiger partial charge in [-0.1, -0.05) is 19.9 Å². The van der Waals surface area contributed by atoms with E-state index in [-0.39, 0.29) is 36.2 Å². The van der Waals surface area contributed by atoms with Crippen LogP contribution in [-0.4, -0.2) is 105 Å². The molecule has 0 spiro atoms. The van der Waals surface area contributed by atoms with E-state index in [1.54, 1.807) is 44.2 Å². The van der Waals surface area contributed by atoms with Gasteiger partial charge in [0.15, 0.2) is 16.6 Å². The Morgan fingerprint density at radius 2 is 1.93 bits per heavy atom.